The Morgan fingerprint density at radius 2 is 2.28 bits per heavy atom. The van der Waals surface area contributed by atoms with E-state index in [2.05, 4.69) is 10.4 Å². The monoisotopic (exact) mass is 272 g/mol. The van der Waals surface area contributed by atoms with E-state index in [0.717, 1.165) is 6.26 Å². The molecule has 0 unspecified atom stereocenters. The fraction of sp³-hybridized carbons (Fsp3) is 0.600. The van der Waals surface area contributed by atoms with E-state index >= 15 is 0 Å². The lowest BCUT2D eigenvalue weighted by molar-refractivity contribution is -0.119. The molecule has 1 aliphatic rings. The molecule has 1 saturated heterocycles. The average Bonchev–Trinajstić information content (AvgIpc) is 2.85. The third kappa shape index (κ3) is 2.70. The van der Waals surface area contributed by atoms with Crippen LogP contribution in [0.2, 0.25) is 0 Å². The number of hydrogen-bond donors (Lipinski definition) is 1. The van der Waals surface area contributed by atoms with E-state index < -0.39 is 16.1 Å². The molecule has 7 nitrogen and oxygen atoms in total. The minimum Gasteiger partial charge on any atom is -0.322 e. The number of anilines is 1. The Kier molecular flexibility index (Phi) is 3.40. The lowest BCUT2D eigenvalue weighted by atomic mass is 10.2. The number of carbonyl (C=O) groups is 1. The topological polar surface area (TPSA) is 84.3 Å². The van der Waals surface area contributed by atoms with Crippen LogP contribution in [0.4, 0.5) is 5.69 Å². The van der Waals surface area contributed by atoms with Gasteiger partial charge in [-0.15, -0.1) is 0 Å². The van der Waals surface area contributed by atoms with Crippen molar-refractivity contribution >= 4 is 21.6 Å². The lowest BCUT2D eigenvalue weighted by Crippen LogP contribution is -2.42. The normalized spacial score (nSPS) is 21.1. The highest BCUT2D eigenvalue weighted by molar-refractivity contribution is 7.88. The van der Waals surface area contributed by atoms with Gasteiger partial charge in [-0.3, -0.25) is 9.48 Å². The predicted octanol–water partition coefficient (Wildman–Crippen LogP) is -0.217. The Bertz CT molecular complexity index is 551. The Labute approximate surface area is 106 Å². The van der Waals surface area contributed by atoms with Crippen LogP contribution in [0.3, 0.4) is 0 Å². The molecule has 1 amide bonds. The highest BCUT2D eigenvalue weighted by Gasteiger charge is 2.36. The van der Waals surface area contributed by atoms with Gasteiger partial charge in [0.1, 0.15) is 6.04 Å². The van der Waals surface area contributed by atoms with Gasteiger partial charge < -0.3 is 5.32 Å². The molecule has 100 valence electrons. The molecular formula is C10H16N4O3S. The van der Waals surface area contributed by atoms with Crippen LogP contribution >= 0.6 is 0 Å². The summed E-state index contributed by atoms with van der Waals surface area (Å²) in [5.74, 6) is -0.300. The second kappa shape index (κ2) is 4.69. The molecule has 1 aliphatic heterocycles. The number of sulfonamides is 1. The summed E-state index contributed by atoms with van der Waals surface area (Å²) in [7, 11) is -1.59. The number of carbonyl (C=O) groups excluding carboxylic acids is 1. The van der Waals surface area contributed by atoms with Gasteiger partial charge in [0.15, 0.2) is 0 Å². The first-order valence-corrected chi connectivity index (χ1v) is 7.49. The molecule has 8 heteroatoms. The van der Waals surface area contributed by atoms with Crippen LogP contribution in [0.15, 0.2) is 12.4 Å². The molecule has 1 atom stereocenters. The minimum absolute atomic E-state index is 0.300. The second-order valence-corrected chi connectivity index (χ2v) is 6.36. The van der Waals surface area contributed by atoms with Crippen LogP contribution in [-0.2, 0) is 21.9 Å². The van der Waals surface area contributed by atoms with Crippen molar-refractivity contribution in [2.24, 2.45) is 7.05 Å². The first-order chi connectivity index (χ1) is 8.38. The third-order valence-electron chi connectivity index (χ3n) is 2.90. The molecule has 1 aromatic heterocycles. The van der Waals surface area contributed by atoms with Crippen LogP contribution in [0.25, 0.3) is 0 Å². The van der Waals surface area contributed by atoms with Gasteiger partial charge in [0.05, 0.1) is 18.1 Å². The van der Waals surface area contributed by atoms with Gasteiger partial charge in [-0.2, -0.15) is 9.40 Å². The molecule has 0 spiro atoms. The van der Waals surface area contributed by atoms with Crippen LogP contribution in [0, 0.1) is 0 Å². The summed E-state index contributed by atoms with van der Waals surface area (Å²) in [4.78, 5) is 12.0. The van der Waals surface area contributed by atoms with Crippen molar-refractivity contribution in [2.45, 2.75) is 18.9 Å². The van der Waals surface area contributed by atoms with Gasteiger partial charge in [-0.25, -0.2) is 8.42 Å². The summed E-state index contributed by atoms with van der Waals surface area (Å²) in [6.45, 7) is 0.407. The number of aryl methyl sites for hydroxylation is 1. The van der Waals surface area contributed by atoms with Crippen LogP contribution < -0.4 is 5.32 Å². The van der Waals surface area contributed by atoms with Crippen LogP contribution in [-0.4, -0.2) is 47.3 Å². The summed E-state index contributed by atoms with van der Waals surface area (Å²) in [5, 5.41) is 6.61. The summed E-state index contributed by atoms with van der Waals surface area (Å²) in [5.41, 5.74) is 0.572. The zero-order valence-corrected chi connectivity index (χ0v) is 11.1. The zero-order valence-electron chi connectivity index (χ0n) is 10.3. The van der Waals surface area contributed by atoms with Crippen LogP contribution in [0.5, 0.6) is 0 Å². The molecule has 0 saturated carbocycles. The number of hydrogen-bond acceptors (Lipinski definition) is 4. The van der Waals surface area contributed by atoms with Crippen molar-refractivity contribution in [1.82, 2.24) is 14.1 Å². The van der Waals surface area contributed by atoms with Crippen LogP contribution in [0.1, 0.15) is 12.8 Å². The van der Waals surface area contributed by atoms with E-state index in [4.69, 9.17) is 0 Å². The van der Waals surface area contributed by atoms with Crippen molar-refractivity contribution in [3.05, 3.63) is 12.4 Å². The van der Waals surface area contributed by atoms with Crippen molar-refractivity contribution in [3.63, 3.8) is 0 Å². The molecule has 1 aromatic rings. The molecular weight excluding hydrogens is 256 g/mol. The van der Waals surface area contributed by atoms with Crippen molar-refractivity contribution in [3.8, 4) is 0 Å². The van der Waals surface area contributed by atoms with Crippen molar-refractivity contribution < 1.29 is 13.2 Å². The maximum Gasteiger partial charge on any atom is 0.242 e. The summed E-state index contributed by atoms with van der Waals surface area (Å²) < 4.78 is 25.9. The quantitative estimate of drug-likeness (QED) is 0.824. The molecule has 0 radical (unpaired) electrons. The molecule has 2 heterocycles. The zero-order chi connectivity index (χ0) is 13.3. The first-order valence-electron chi connectivity index (χ1n) is 5.64. The van der Waals surface area contributed by atoms with E-state index in [-0.39, 0.29) is 5.91 Å². The average molecular weight is 272 g/mol. The largest absolute Gasteiger partial charge is 0.322 e. The summed E-state index contributed by atoms with van der Waals surface area (Å²) >= 11 is 0. The number of amides is 1. The van der Waals surface area contributed by atoms with E-state index in [1.807, 2.05) is 0 Å². The van der Waals surface area contributed by atoms with Gasteiger partial charge in [0.2, 0.25) is 15.9 Å². The molecule has 2 rings (SSSR count). The van der Waals surface area contributed by atoms with Gasteiger partial charge in [0, 0.05) is 19.8 Å². The van der Waals surface area contributed by atoms with E-state index in [9.17, 15) is 13.2 Å². The lowest BCUT2D eigenvalue weighted by Gasteiger charge is -2.20. The fourth-order valence-electron chi connectivity index (χ4n) is 2.11. The maximum atomic E-state index is 12.0. The SMILES string of the molecule is Cn1cc(NC(=O)[C@@H]2CCCN2S(C)(=O)=O)cn1. The third-order valence-corrected chi connectivity index (χ3v) is 4.19. The van der Waals surface area contributed by atoms with E-state index in [0.29, 0.717) is 25.1 Å². The second-order valence-electron chi connectivity index (χ2n) is 4.42. The molecule has 0 aliphatic carbocycles. The predicted molar refractivity (Wildman–Crippen MR) is 66.4 cm³/mol. The first kappa shape index (κ1) is 13.0. The van der Waals surface area contributed by atoms with Gasteiger partial charge in [-0.05, 0) is 12.8 Å². The summed E-state index contributed by atoms with van der Waals surface area (Å²) in [6, 6.07) is -0.611. The number of nitrogens with zero attached hydrogens (tertiary/aromatic N) is 3. The maximum absolute atomic E-state index is 12.0. The van der Waals surface area contributed by atoms with Gasteiger partial charge in [0.25, 0.3) is 0 Å². The number of nitrogens with one attached hydrogen (secondary N) is 1. The minimum atomic E-state index is -3.33. The Morgan fingerprint density at radius 3 is 2.83 bits per heavy atom. The Balaban J connectivity index is 2.09. The number of aromatic nitrogens is 2. The molecule has 0 aromatic carbocycles. The van der Waals surface area contributed by atoms with Gasteiger partial charge >= 0.3 is 0 Å². The van der Waals surface area contributed by atoms with E-state index in [1.54, 1.807) is 17.9 Å². The smallest absolute Gasteiger partial charge is 0.242 e. The van der Waals surface area contributed by atoms with Gasteiger partial charge in [-0.1, -0.05) is 0 Å². The highest BCUT2D eigenvalue weighted by atomic mass is 32.2. The molecule has 1 fully saturated rings. The molecule has 18 heavy (non-hydrogen) atoms. The highest BCUT2D eigenvalue weighted by Crippen LogP contribution is 2.21. The molecule has 1 N–H and O–H groups in total. The number of rotatable bonds is 3. The Morgan fingerprint density at radius 1 is 1.56 bits per heavy atom. The molecule has 0 bridgehead atoms. The fourth-order valence-corrected chi connectivity index (χ4v) is 3.23. The standard InChI is InChI=1S/C10H16N4O3S/c1-13-7-8(6-11-13)12-10(15)9-4-3-5-14(9)18(2,16)17/h6-7,9H,3-5H2,1-2H3,(H,12,15)/t9-/m0/s1. The van der Waals surface area contributed by atoms with Crippen molar-refractivity contribution in [2.75, 3.05) is 18.1 Å². The summed E-state index contributed by atoms with van der Waals surface area (Å²) in [6.07, 6.45) is 5.58. The van der Waals surface area contributed by atoms with Crippen molar-refractivity contribution in [1.29, 1.82) is 0 Å². The Hall–Kier alpha value is -1.41. The van der Waals surface area contributed by atoms with E-state index in [1.165, 1.54) is 10.5 Å².